The summed E-state index contributed by atoms with van der Waals surface area (Å²) < 4.78 is 6.29. The SMILES string of the molecule is CC1=C[C@H]2[C@@]3(O)[C@H](C)C[C@]4(OC(=O)C(N)CCCCc5ccccc5)[C@H]([C@@H]3C=C(CO)C[C@]2(O)C1=O)C4(C)C. The van der Waals surface area contributed by atoms with Gasteiger partial charge >= 0.3 is 5.97 Å². The highest BCUT2D eigenvalue weighted by Gasteiger charge is 2.83. The molecule has 0 amide bonds. The quantitative estimate of drug-likeness (QED) is 0.228. The van der Waals surface area contributed by atoms with Gasteiger partial charge in [0.15, 0.2) is 5.78 Å². The molecule has 212 valence electrons. The number of unbranched alkanes of at least 4 members (excludes halogenated alkanes) is 1. The lowest BCUT2D eigenvalue weighted by molar-refractivity contribution is -0.187. The third kappa shape index (κ3) is 4.16. The van der Waals surface area contributed by atoms with Crippen molar-refractivity contribution in [2.45, 2.75) is 89.1 Å². The number of Topliss-reactive ketones (excluding diaryl/α,β-unsaturated/α-hetero) is 1. The van der Waals surface area contributed by atoms with Crippen molar-refractivity contribution >= 4 is 11.8 Å². The smallest absolute Gasteiger partial charge is 0.323 e. The number of hydrogen-bond acceptors (Lipinski definition) is 7. The summed E-state index contributed by atoms with van der Waals surface area (Å²) in [7, 11) is 0. The average Bonchev–Trinajstić information content (AvgIpc) is 3.31. The van der Waals surface area contributed by atoms with E-state index in [4.69, 9.17) is 10.5 Å². The van der Waals surface area contributed by atoms with Crippen molar-refractivity contribution in [1.29, 1.82) is 0 Å². The zero-order valence-electron chi connectivity index (χ0n) is 23.5. The Balaban J connectivity index is 1.35. The van der Waals surface area contributed by atoms with E-state index in [1.807, 2.05) is 45.0 Å². The van der Waals surface area contributed by atoms with Gasteiger partial charge in [-0.1, -0.05) is 69.7 Å². The van der Waals surface area contributed by atoms with Gasteiger partial charge in [-0.15, -0.1) is 0 Å². The maximum absolute atomic E-state index is 13.3. The van der Waals surface area contributed by atoms with E-state index in [1.54, 1.807) is 13.0 Å². The van der Waals surface area contributed by atoms with Gasteiger partial charge in [0.25, 0.3) is 0 Å². The van der Waals surface area contributed by atoms with Gasteiger partial charge in [-0.05, 0) is 55.2 Å². The summed E-state index contributed by atoms with van der Waals surface area (Å²) in [6, 6.07) is 9.49. The van der Waals surface area contributed by atoms with Gasteiger partial charge in [0.05, 0.1) is 12.2 Å². The maximum atomic E-state index is 13.3. The first kappa shape index (κ1) is 28.2. The van der Waals surface area contributed by atoms with Gasteiger partial charge in [0.1, 0.15) is 17.2 Å². The van der Waals surface area contributed by atoms with Crippen LogP contribution in [0.4, 0.5) is 0 Å². The topological polar surface area (TPSA) is 130 Å². The molecule has 2 saturated carbocycles. The third-order valence-corrected chi connectivity index (χ3v) is 10.5. The van der Waals surface area contributed by atoms with E-state index in [-0.39, 0.29) is 18.9 Å². The molecule has 0 radical (unpaired) electrons. The first-order valence-electron chi connectivity index (χ1n) is 14.3. The summed E-state index contributed by atoms with van der Waals surface area (Å²) in [4.78, 5) is 26.4. The predicted octanol–water partition coefficient (Wildman–Crippen LogP) is 3.25. The lowest BCUT2D eigenvalue weighted by atomic mass is 9.60. The summed E-state index contributed by atoms with van der Waals surface area (Å²) in [6.45, 7) is 7.33. The van der Waals surface area contributed by atoms with Crippen LogP contribution < -0.4 is 5.73 Å². The fourth-order valence-electron chi connectivity index (χ4n) is 8.31. The number of benzene rings is 1. The molecule has 0 spiro atoms. The number of ether oxygens (including phenoxy) is 1. The summed E-state index contributed by atoms with van der Waals surface area (Å²) >= 11 is 0. The van der Waals surface area contributed by atoms with E-state index >= 15 is 0 Å². The number of rotatable bonds is 8. The minimum atomic E-state index is -1.80. The highest BCUT2D eigenvalue weighted by molar-refractivity contribution is 6.04. The van der Waals surface area contributed by atoms with Gasteiger partial charge in [-0.2, -0.15) is 0 Å². The molecular formula is C32H43NO6. The van der Waals surface area contributed by atoms with Crippen LogP contribution in [0.15, 0.2) is 53.6 Å². The second-order valence-electron chi connectivity index (χ2n) is 13.1. The molecular weight excluding hydrogens is 494 g/mol. The van der Waals surface area contributed by atoms with Crippen molar-refractivity contribution in [3.63, 3.8) is 0 Å². The van der Waals surface area contributed by atoms with Crippen molar-refractivity contribution in [2.24, 2.45) is 34.8 Å². The summed E-state index contributed by atoms with van der Waals surface area (Å²) in [6.07, 6.45) is 7.13. The second kappa shape index (κ2) is 9.65. The number of hydrogen-bond donors (Lipinski definition) is 4. The van der Waals surface area contributed by atoms with E-state index in [1.165, 1.54) is 5.56 Å². The number of fused-ring (bicyclic) bond motifs is 5. The summed E-state index contributed by atoms with van der Waals surface area (Å²) in [5.41, 5.74) is 4.01. The molecule has 0 aliphatic heterocycles. The Morgan fingerprint density at radius 1 is 1.15 bits per heavy atom. The monoisotopic (exact) mass is 537 g/mol. The van der Waals surface area contributed by atoms with Gasteiger partial charge in [0.2, 0.25) is 0 Å². The molecule has 1 aromatic carbocycles. The normalized spacial score (nSPS) is 38.9. The number of aryl methyl sites for hydroxylation is 1. The average molecular weight is 538 g/mol. The number of ketones is 1. The highest BCUT2D eigenvalue weighted by atomic mass is 16.6. The van der Waals surface area contributed by atoms with E-state index in [0.29, 0.717) is 24.0 Å². The Morgan fingerprint density at radius 2 is 1.85 bits per heavy atom. The van der Waals surface area contributed by atoms with Crippen molar-refractivity contribution in [1.82, 2.24) is 0 Å². The number of nitrogens with two attached hydrogens (primary N) is 1. The number of aliphatic hydroxyl groups excluding tert-OH is 1. The first-order valence-corrected chi connectivity index (χ1v) is 14.3. The minimum absolute atomic E-state index is 0.0276. The van der Waals surface area contributed by atoms with Crippen LogP contribution in [0.2, 0.25) is 0 Å². The van der Waals surface area contributed by atoms with E-state index in [0.717, 1.165) is 19.3 Å². The molecule has 39 heavy (non-hydrogen) atoms. The first-order chi connectivity index (χ1) is 18.3. The number of carbonyl (C=O) groups excluding carboxylic acids is 2. The molecule has 0 bridgehead atoms. The predicted molar refractivity (Wildman–Crippen MR) is 147 cm³/mol. The molecule has 5 N–H and O–H groups in total. The van der Waals surface area contributed by atoms with Crippen LogP contribution in [0.25, 0.3) is 0 Å². The Bertz CT molecular complexity index is 1210. The number of carbonyl (C=O) groups is 2. The van der Waals surface area contributed by atoms with Crippen LogP contribution in [0.5, 0.6) is 0 Å². The van der Waals surface area contributed by atoms with Gasteiger partial charge in [-0.3, -0.25) is 9.59 Å². The van der Waals surface area contributed by atoms with Gasteiger partial charge in [0, 0.05) is 29.6 Å². The van der Waals surface area contributed by atoms with Crippen LogP contribution in [0.3, 0.4) is 0 Å². The third-order valence-electron chi connectivity index (χ3n) is 10.5. The van der Waals surface area contributed by atoms with E-state index < -0.39 is 57.8 Å². The summed E-state index contributed by atoms with van der Waals surface area (Å²) in [5.74, 6) is -2.78. The largest absolute Gasteiger partial charge is 0.457 e. The zero-order chi connectivity index (χ0) is 28.4. The number of esters is 1. The zero-order valence-corrected chi connectivity index (χ0v) is 23.5. The van der Waals surface area contributed by atoms with Gasteiger partial charge in [-0.25, -0.2) is 0 Å². The molecule has 0 saturated heterocycles. The molecule has 2 fully saturated rings. The molecule has 4 aliphatic carbocycles. The van der Waals surface area contributed by atoms with Crippen molar-refractivity contribution in [2.75, 3.05) is 6.61 Å². The van der Waals surface area contributed by atoms with E-state index in [2.05, 4.69) is 12.1 Å². The fraction of sp³-hybridized carbons (Fsp3) is 0.625. The van der Waals surface area contributed by atoms with Crippen LogP contribution in [-0.4, -0.2) is 56.5 Å². The number of aliphatic hydroxyl groups is 3. The standard InChI is InChI=1S/C32H43NO6/c1-19-14-25-30(37,27(19)35)17-22(18-34)15-23-26-29(3,4)31(26,16-20(2)32(23,25)38)39-28(36)24(33)13-9-8-12-21-10-6-5-7-11-21/h5-7,10-11,14-15,20,23-26,34,37-38H,8-9,12-13,16-18,33H2,1-4H3/t20-,23+,24?,25-,26-,30-,31+,32-/m1/s1. The van der Waals surface area contributed by atoms with Gasteiger partial charge < -0.3 is 25.8 Å². The summed E-state index contributed by atoms with van der Waals surface area (Å²) in [5, 5.41) is 34.2. The lowest BCUT2D eigenvalue weighted by Crippen LogP contribution is -2.61. The fourth-order valence-corrected chi connectivity index (χ4v) is 8.31. The molecule has 1 aromatic rings. The molecule has 0 heterocycles. The Labute approximate surface area is 231 Å². The molecule has 7 nitrogen and oxygen atoms in total. The van der Waals surface area contributed by atoms with Crippen molar-refractivity contribution in [3.8, 4) is 0 Å². The van der Waals surface area contributed by atoms with E-state index in [9.17, 15) is 24.9 Å². The lowest BCUT2D eigenvalue weighted by Gasteiger charge is -2.50. The van der Waals surface area contributed by atoms with Crippen molar-refractivity contribution < 1.29 is 29.6 Å². The molecule has 0 aromatic heterocycles. The van der Waals surface area contributed by atoms with Crippen LogP contribution in [0, 0.1) is 29.1 Å². The maximum Gasteiger partial charge on any atom is 0.323 e. The molecule has 8 atom stereocenters. The molecule has 4 aliphatic rings. The Hall–Kier alpha value is -2.32. The van der Waals surface area contributed by atoms with Crippen LogP contribution in [-0.2, 0) is 20.7 Å². The second-order valence-corrected chi connectivity index (χ2v) is 13.1. The Morgan fingerprint density at radius 3 is 2.51 bits per heavy atom. The highest BCUT2D eigenvalue weighted by Crippen LogP contribution is 2.76. The van der Waals surface area contributed by atoms with Crippen LogP contribution >= 0.6 is 0 Å². The van der Waals surface area contributed by atoms with Crippen LogP contribution in [0.1, 0.15) is 65.4 Å². The molecule has 7 heteroatoms. The minimum Gasteiger partial charge on any atom is -0.457 e. The molecule has 5 rings (SSSR count). The van der Waals surface area contributed by atoms with Crippen molar-refractivity contribution in [3.05, 3.63) is 59.2 Å². The Kier molecular flexibility index (Phi) is 6.98. The molecule has 1 unspecified atom stereocenters.